The Bertz CT molecular complexity index is 302. The molecule has 3 nitrogen and oxygen atoms in total. The Hall–Kier alpha value is -1.25. The highest BCUT2D eigenvalue weighted by atomic mass is 16.5. The minimum atomic E-state index is 0.513. The molecule has 1 aromatic heterocycles. The molecule has 0 bridgehead atoms. The molecular weight excluding hydrogens is 200 g/mol. The lowest BCUT2D eigenvalue weighted by Gasteiger charge is -2.14. The number of nitrogens with zero attached hydrogens (tertiary/aromatic N) is 1. The maximum atomic E-state index is 5.65. The van der Waals surface area contributed by atoms with E-state index < -0.39 is 0 Å². The predicted octanol–water partition coefficient (Wildman–Crippen LogP) is 3.26. The van der Waals surface area contributed by atoms with Gasteiger partial charge in [0.2, 0.25) is 5.88 Å². The van der Waals surface area contributed by atoms with Crippen LogP contribution < -0.4 is 10.5 Å². The summed E-state index contributed by atoms with van der Waals surface area (Å²) in [6.45, 7) is 5.16. The van der Waals surface area contributed by atoms with E-state index in [4.69, 9.17) is 10.5 Å². The molecule has 0 aliphatic carbocycles. The van der Waals surface area contributed by atoms with Gasteiger partial charge in [0, 0.05) is 6.07 Å². The Morgan fingerprint density at radius 3 is 2.81 bits per heavy atom. The van der Waals surface area contributed by atoms with Crippen LogP contribution in [0.15, 0.2) is 18.2 Å². The molecule has 0 aromatic carbocycles. The number of hydrogen-bond donors (Lipinski definition) is 1. The average Bonchev–Trinajstić information content (AvgIpc) is 2.29. The van der Waals surface area contributed by atoms with Gasteiger partial charge >= 0.3 is 0 Å². The molecular formula is C13H22N2O. The number of pyridine rings is 1. The Balaban J connectivity index is 2.37. The number of hydrogen-bond acceptors (Lipinski definition) is 3. The van der Waals surface area contributed by atoms with Crippen molar-refractivity contribution in [2.45, 2.75) is 39.5 Å². The van der Waals surface area contributed by atoms with Crippen LogP contribution in [0.1, 0.15) is 39.5 Å². The predicted molar refractivity (Wildman–Crippen MR) is 67.5 cm³/mol. The van der Waals surface area contributed by atoms with Gasteiger partial charge in [0.15, 0.2) is 0 Å². The third-order valence-electron chi connectivity index (χ3n) is 2.76. The maximum absolute atomic E-state index is 5.65. The second-order valence-electron chi connectivity index (χ2n) is 4.13. The van der Waals surface area contributed by atoms with Gasteiger partial charge in [-0.1, -0.05) is 39.2 Å². The topological polar surface area (TPSA) is 48.1 Å². The van der Waals surface area contributed by atoms with Crippen LogP contribution in [0, 0.1) is 5.92 Å². The third-order valence-corrected chi connectivity index (χ3v) is 2.76. The molecule has 1 rings (SSSR count). The standard InChI is InChI=1S/C13H22N2O/c1-3-5-7-11(4-2)10-16-13-9-6-8-12(14)15-13/h6,8-9,11H,3-5,7,10H2,1-2H3,(H2,14,15). The highest BCUT2D eigenvalue weighted by Gasteiger charge is 2.07. The molecule has 0 aliphatic rings. The fourth-order valence-electron chi connectivity index (χ4n) is 1.61. The van der Waals surface area contributed by atoms with Crippen molar-refractivity contribution in [1.82, 2.24) is 4.98 Å². The monoisotopic (exact) mass is 222 g/mol. The van der Waals surface area contributed by atoms with Gasteiger partial charge in [0.1, 0.15) is 5.82 Å². The van der Waals surface area contributed by atoms with Gasteiger partial charge in [-0.05, 0) is 18.4 Å². The summed E-state index contributed by atoms with van der Waals surface area (Å²) in [6.07, 6.45) is 4.90. The fraction of sp³-hybridized carbons (Fsp3) is 0.615. The molecule has 0 amide bonds. The number of ether oxygens (including phenoxy) is 1. The molecule has 0 saturated carbocycles. The molecule has 0 saturated heterocycles. The van der Waals surface area contributed by atoms with Crippen molar-refractivity contribution >= 4 is 5.82 Å². The van der Waals surface area contributed by atoms with Gasteiger partial charge < -0.3 is 10.5 Å². The SMILES string of the molecule is CCCCC(CC)COc1cccc(N)n1. The lowest BCUT2D eigenvalue weighted by Crippen LogP contribution is -2.12. The van der Waals surface area contributed by atoms with Crippen molar-refractivity contribution in [1.29, 1.82) is 0 Å². The van der Waals surface area contributed by atoms with E-state index in [1.807, 2.05) is 12.1 Å². The van der Waals surface area contributed by atoms with Crippen molar-refractivity contribution in [3.05, 3.63) is 18.2 Å². The smallest absolute Gasteiger partial charge is 0.215 e. The van der Waals surface area contributed by atoms with Crippen LogP contribution in [0.3, 0.4) is 0 Å². The zero-order valence-electron chi connectivity index (χ0n) is 10.3. The molecule has 1 unspecified atom stereocenters. The minimum Gasteiger partial charge on any atom is -0.477 e. The van der Waals surface area contributed by atoms with E-state index in [2.05, 4.69) is 18.8 Å². The first-order chi connectivity index (χ1) is 7.76. The Labute approximate surface area is 98.0 Å². The number of nitrogen functional groups attached to an aromatic ring is 1. The van der Waals surface area contributed by atoms with Crippen molar-refractivity contribution in [2.24, 2.45) is 5.92 Å². The normalized spacial score (nSPS) is 12.4. The molecule has 16 heavy (non-hydrogen) atoms. The van der Waals surface area contributed by atoms with Crippen LogP contribution in [0.2, 0.25) is 0 Å². The molecule has 1 heterocycles. The molecule has 90 valence electrons. The average molecular weight is 222 g/mol. The quantitative estimate of drug-likeness (QED) is 0.770. The van der Waals surface area contributed by atoms with Gasteiger partial charge in [-0.2, -0.15) is 4.98 Å². The first-order valence-electron chi connectivity index (χ1n) is 6.11. The maximum Gasteiger partial charge on any atom is 0.215 e. The fourth-order valence-corrected chi connectivity index (χ4v) is 1.61. The molecule has 0 aliphatic heterocycles. The van der Waals surface area contributed by atoms with E-state index in [1.165, 1.54) is 19.3 Å². The number of anilines is 1. The number of unbranched alkanes of at least 4 members (excludes halogenated alkanes) is 1. The first kappa shape index (κ1) is 12.8. The summed E-state index contributed by atoms with van der Waals surface area (Å²) in [6, 6.07) is 5.48. The van der Waals surface area contributed by atoms with Crippen LogP contribution in [0.5, 0.6) is 5.88 Å². The van der Waals surface area contributed by atoms with E-state index in [9.17, 15) is 0 Å². The summed E-state index contributed by atoms with van der Waals surface area (Å²) >= 11 is 0. The summed E-state index contributed by atoms with van der Waals surface area (Å²) in [7, 11) is 0. The van der Waals surface area contributed by atoms with E-state index >= 15 is 0 Å². The third kappa shape index (κ3) is 4.51. The number of aromatic nitrogens is 1. The van der Waals surface area contributed by atoms with Crippen LogP contribution in [-0.2, 0) is 0 Å². The van der Waals surface area contributed by atoms with Gasteiger partial charge in [-0.25, -0.2) is 0 Å². The van der Waals surface area contributed by atoms with Crippen molar-refractivity contribution < 1.29 is 4.74 Å². The van der Waals surface area contributed by atoms with Crippen molar-refractivity contribution in [3.63, 3.8) is 0 Å². The Morgan fingerprint density at radius 1 is 1.38 bits per heavy atom. The molecule has 0 spiro atoms. The molecule has 1 atom stereocenters. The zero-order valence-corrected chi connectivity index (χ0v) is 10.3. The highest BCUT2D eigenvalue weighted by molar-refractivity contribution is 5.30. The van der Waals surface area contributed by atoms with Crippen LogP contribution in [0.25, 0.3) is 0 Å². The molecule has 1 aromatic rings. The van der Waals surface area contributed by atoms with Gasteiger partial charge in [0.25, 0.3) is 0 Å². The second kappa shape index (κ2) is 7.09. The molecule has 0 fully saturated rings. The number of rotatable bonds is 7. The van der Waals surface area contributed by atoms with Crippen molar-refractivity contribution in [2.75, 3.05) is 12.3 Å². The van der Waals surface area contributed by atoms with Gasteiger partial charge in [0.05, 0.1) is 6.61 Å². The van der Waals surface area contributed by atoms with Crippen LogP contribution in [0.4, 0.5) is 5.82 Å². The summed E-state index contributed by atoms with van der Waals surface area (Å²) in [5.74, 6) is 1.78. The van der Waals surface area contributed by atoms with E-state index in [0.29, 0.717) is 17.6 Å². The van der Waals surface area contributed by atoms with Gasteiger partial charge in [-0.3, -0.25) is 0 Å². The first-order valence-corrected chi connectivity index (χ1v) is 6.11. The summed E-state index contributed by atoms with van der Waals surface area (Å²) < 4.78 is 5.65. The minimum absolute atomic E-state index is 0.513. The Morgan fingerprint density at radius 2 is 2.19 bits per heavy atom. The summed E-state index contributed by atoms with van der Waals surface area (Å²) in [5, 5.41) is 0. The number of nitrogens with two attached hydrogens (primary N) is 1. The largest absolute Gasteiger partial charge is 0.477 e. The molecule has 3 heteroatoms. The van der Waals surface area contributed by atoms with E-state index in [-0.39, 0.29) is 0 Å². The Kier molecular flexibility index (Phi) is 5.68. The van der Waals surface area contributed by atoms with Crippen molar-refractivity contribution in [3.8, 4) is 5.88 Å². The highest BCUT2D eigenvalue weighted by Crippen LogP contribution is 2.15. The molecule has 2 N–H and O–H groups in total. The van der Waals surface area contributed by atoms with E-state index in [0.717, 1.165) is 13.0 Å². The van der Waals surface area contributed by atoms with Crippen LogP contribution in [-0.4, -0.2) is 11.6 Å². The summed E-state index contributed by atoms with van der Waals surface area (Å²) in [4.78, 5) is 4.12. The second-order valence-corrected chi connectivity index (χ2v) is 4.13. The lowest BCUT2D eigenvalue weighted by molar-refractivity contribution is 0.226. The van der Waals surface area contributed by atoms with Gasteiger partial charge in [-0.15, -0.1) is 0 Å². The van der Waals surface area contributed by atoms with E-state index in [1.54, 1.807) is 6.07 Å². The summed E-state index contributed by atoms with van der Waals surface area (Å²) in [5.41, 5.74) is 5.59. The molecule has 0 radical (unpaired) electrons. The lowest BCUT2D eigenvalue weighted by atomic mass is 10.0. The zero-order chi connectivity index (χ0) is 11.8. The van der Waals surface area contributed by atoms with Crippen LogP contribution >= 0.6 is 0 Å².